The molecule has 1 fully saturated rings. The van der Waals surface area contributed by atoms with Gasteiger partial charge in [0.15, 0.2) is 11.9 Å². The second kappa shape index (κ2) is 12.6. The quantitative estimate of drug-likeness (QED) is 0.204. The molecule has 1 heterocycles. The SMILES string of the molecule is Cc1ccccc1C(=O)[C@@]1(O)[C@@H](C(=O)C(O)c2ccccc2C)O[C@@H](OC(=O)c2ccccc2)[C@]1(C)OC(=O)c1ccccc1. The maximum absolute atomic E-state index is 14.5. The van der Waals surface area contributed by atoms with E-state index in [1.165, 1.54) is 43.3 Å². The van der Waals surface area contributed by atoms with Crippen LogP contribution >= 0.6 is 0 Å². The number of carbonyl (C=O) groups excluding carboxylic acids is 4. The van der Waals surface area contributed by atoms with Gasteiger partial charge in [-0.15, -0.1) is 0 Å². The zero-order chi connectivity index (χ0) is 32.4. The Morgan fingerprint density at radius 2 is 1.24 bits per heavy atom. The summed E-state index contributed by atoms with van der Waals surface area (Å²) in [7, 11) is 0. The largest absolute Gasteiger partial charge is 0.445 e. The molecule has 0 saturated carbocycles. The molecule has 5 atom stereocenters. The zero-order valence-electron chi connectivity index (χ0n) is 24.9. The second-order valence-corrected chi connectivity index (χ2v) is 11.1. The molecule has 9 heteroatoms. The maximum atomic E-state index is 14.5. The Labute approximate surface area is 260 Å². The van der Waals surface area contributed by atoms with Gasteiger partial charge in [0.2, 0.25) is 23.3 Å². The summed E-state index contributed by atoms with van der Waals surface area (Å²) in [5, 5.41) is 23.9. The Balaban J connectivity index is 1.67. The van der Waals surface area contributed by atoms with Crippen LogP contribution in [0.2, 0.25) is 0 Å². The minimum absolute atomic E-state index is 0.00352. The van der Waals surface area contributed by atoms with Crippen LogP contribution in [-0.2, 0) is 19.0 Å². The van der Waals surface area contributed by atoms with Gasteiger partial charge < -0.3 is 24.4 Å². The van der Waals surface area contributed by atoms with Crippen molar-refractivity contribution in [2.24, 2.45) is 0 Å². The van der Waals surface area contributed by atoms with Crippen LogP contribution in [0.3, 0.4) is 0 Å². The van der Waals surface area contributed by atoms with Crippen molar-refractivity contribution in [3.63, 3.8) is 0 Å². The molecule has 45 heavy (non-hydrogen) atoms. The first-order chi connectivity index (χ1) is 21.5. The Hall–Kier alpha value is -4.96. The van der Waals surface area contributed by atoms with Gasteiger partial charge in [0, 0.05) is 5.56 Å². The molecule has 9 nitrogen and oxygen atoms in total. The topological polar surface area (TPSA) is 136 Å². The molecule has 4 aromatic rings. The van der Waals surface area contributed by atoms with E-state index in [0.717, 1.165) is 0 Å². The summed E-state index contributed by atoms with van der Waals surface area (Å²) in [6.45, 7) is 4.48. The van der Waals surface area contributed by atoms with Crippen molar-refractivity contribution in [3.05, 3.63) is 143 Å². The van der Waals surface area contributed by atoms with Crippen molar-refractivity contribution in [1.82, 2.24) is 0 Å². The van der Waals surface area contributed by atoms with Gasteiger partial charge in [-0.3, -0.25) is 9.59 Å². The van der Waals surface area contributed by atoms with Crippen molar-refractivity contribution in [2.75, 3.05) is 0 Å². The van der Waals surface area contributed by atoms with E-state index < -0.39 is 53.2 Å². The fourth-order valence-electron chi connectivity index (χ4n) is 5.46. The van der Waals surface area contributed by atoms with Crippen molar-refractivity contribution >= 4 is 23.5 Å². The zero-order valence-corrected chi connectivity index (χ0v) is 24.9. The normalized spacial score (nSPS) is 23.1. The highest BCUT2D eigenvalue weighted by atomic mass is 16.7. The van der Waals surface area contributed by atoms with E-state index in [9.17, 15) is 29.4 Å². The summed E-state index contributed by atoms with van der Waals surface area (Å²) in [5.41, 5.74) is -4.08. The van der Waals surface area contributed by atoms with Gasteiger partial charge in [-0.05, 0) is 61.7 Å². The minimum atomic E-state index is -2.98. The Bertz CT molecular complexity index is 1740. The lowest BCUT2D eigenvalue weighted by Crippen LogP contribution is -2.66. The van der Waals surface area contributed by atoms with Crippen LogP contribution in [-0.4, -0.2) is 57.3 Å². The van der Waals surface area contributed by atoms with Crippen LogP contribution in [0.25, 0.3) is 0 Å². The van der Waals surface area contributed by atoms with Gasteiger partial charge in [0.25, 0.3) is 0 Å². The molecule has 0 spiro atoms. The van der Waals surface area contributed by atoms with Crippen LogP contribution in [0.4, 0.5) is 0 Å². The molecule has 5 rings (SSSR count). The summed E-state index contributed by atoms with van der Waals surface area (Å²) >= 11 is 0. The molecule has 0 aliphatic carbocycles. The summed E-state index contributed by atoms with van der Waals surface area (Å²) in [4.78, 5) is 55.4. The van der Waals surface area contributed by atoms with Gasteiger partial charge in [0.1, 0.15) is 6.10 Å². The first-order valence-electron chi connectivity index (χ1n) is 14.3. The average Bonchev–Trinajstić information content (AvgIpc) is 3.27. The molecule has 1 unspecified atom stereocenters. The number of aliphatic hydroxyl groups excluding tert-OH is 1. The molecule has 0 radical (unpaired) electrons. The maximum Gasteiger partial charge on any atom is 0.340 e. The summed E-state index contributed by atoms with van der Waals surface area (Å²) in [5.74, 6) is -4.04. The van der Waals surface area contributed by atoms with Gasteiger partial charge >= 0.3 is 11.9 Å². The third-order valence-electron chi connectivity index (χ3n) is 8.13. The fraction of sp³-hybridized carbons (Fsp3) is 0.222. The predicted molar refractivity (Wildman–Crippen MR) is 162 cm³/mol. The van der Waals surface area contributed by atoms with Gasteiger partial charge in [-0.1, -0.05) is 84.9 Å². The molecule has 4 aromatic carbocycles. The molecule has 1 aliphatic rings. The molecule has 2 N–H and O–H groups in total. The number of ketones is 2. The number of ether oxygens (including phenoxy) is 3. The molecule has 1 aliphatic heterocycles. The van der Waals surface area contributed by atoms with E-state index in [1.807, 2.05) is 0 Å². The van der Waals surface area contributed by atoms with E-state index in [1.54, 1.807) is 86.6 Å². The van der Waals surface area contributed by atoms with E-state index in [0.29, 0.717) is 11.1 Å². The highest BCUT2D eigenvalue weighted by Gasteiger charge is 2.74. The van der Waals surface area contributed by atoms with Gasteiger partial charge in [-0.25, -0.2) is 9.59 Å². The van der Waals surface area contributed by atoms with Crippen LogP contribution in [0, 0.1) is 13.8 Å². The number of hydrogen-bond acceptors (Lipinski definition) is 9. The molecule has 0 bridgehead atoms. The van der Waals surface area contributed by atoms with E-state index in [-0.39, 0.29) is 22.3 Å². The van der Waals surface area contributed by atoms with Crippen LogP contribution in [0.1, 0.15) is 60.8 Å². The van der Waals surface area contributed by atoms with E-state index in [4.69, 9.17) is 14.2 Å². The summed E-state index contributed by atoms with van der Waals surface area (Å²) < 4.78 is 17.5. The van der Waals surface area contributed by atoms with Crippen molar-refractivity contribution in [2.45, 2.75) is 50.5 Å². The standard InChI is InChI=1S/C36H32O9/c1-22-14-10-12-20-26(22)28(37)29(38)31-36(42,30(39)27-21-13-11-15-23(27)2)35(3,45-33(41)25-18-8-5-9-19-25)34(43-31)44-32(40)24-16-6-4-7-17-24/h4-21,28,31,34,37,42H,1-3H3/t28?,31-,34+,35+,36-/m1/s1. The smallest absolute Gasteiger partial charge is 0.340 e. The Morgan fingerprint density at radius 3 is 1.82 bits per heavy atom. The van der Waals surface area contributed by atoms with Gasteiger partial charge in [0.05, 0.1) is 11.1 Å². The lowest BCUT2D eigenvalue weighted by Gasteiger charge is -2.39. The van der Waals surface area contributed by atoms with E-state index >= 15 is 0 Å². The first kappa shape index (κ1) is 31.5. The highest BCUT2D eigenvalue weighted by Crippen LogP contribution is 2.47. The number of rotatable bonds is 9. The summed E-state index contributed by atoms with van der Waals surface area (Å²) in [6, 6.07) is 28.5. The lowest BCUT2D eigenvalue weighted by atomic mass is 9.73. The third kappa shape index (κ3) is 5.69. The fourth-order valence-corrected chi connectivity index (χ4v) is 5.46. The summed E-state index contributed by atoms with van der Waals surface area (Å²) in [6.07, 6.45) is -5.96. The second-order valence-electron chi connectivity index (χ2n) is 11.1. The monoisotopic (exact) mass is 608 g/mol. The first-order valence-corrected chi connectivity index (χ1v) is 14.3. The van der Waals surface area contributed by atoms with Crippen LogP contribution in [0.15, 0.2) is 109 Å². The molecular weight excluding hydrogens is 576 g/mol. The van der Waals surface area contributed by atoms with E-state index in [2.05, 4.69) is 0 Å². The van der Waals surface area contributed by atoms with Crippen LogP contribution < -0.4 is 0 Å². The molecule has 230 valence electrons. The molecule has 1 saturated heterocycles. The Kier molecular flexibility index (Phi) is 8.79. The number of esters is 2. The number of Topliss-reactive ketones (excluding diaryl/α,β-unsaturated/α-hetero) is 2. The Morgan fingerprint density at radius 1 is 0.733 bits per heavy atom. The minimum Gasteiger partial charge on any atom is -0.445 e. The lowest BCUT2D eigenvalue weighted by molar-refractivity contribution is -0.181. The number of benzene rings is 4. The van der Waals surface area contributed by atoms with Crippen molar-refractivity contribution < 1.29 is 43.6 Å². The third-order valence-corrected chi connectivity index (χ3v) is 8.13. The van der Waals surface area contributed by atoms with Gasteiger partial charge in [-0.2, -0.15) is 0 Å². The number of aryl methyl sites for hydroxylation is 2. The number of hydrogen-bond donors (Lipinski definition) is 2. The number of carbonyl (C=O) groups is 4. The highest BCUT2D eigenvalue weighted by molar-refractivity contribution is 6.09. The average molecular weight is 609 g/mol. The van der Waals surface area contributed by atoms with Crippen LogP contribution in [0.5, 0.6) is 0 Å². The predicted octanol–water partition coefficient (Wildman–Crippen LogP) is 4.72. The molecule has 0 aromatic heterocycles. The molecule has 0 amide bonds. The molecular formula is C36H32O9. The number of aliphatic hydroxyl groups is 2. The van der Waals surface area contributed by atoms with Crippen molar-refractivity contribution in [3.8, 4) is 0 Å². The van der Waals surface area contributed by atoms with Crippen molar-refractivity contribution in [1.29, 1.82) is 0 Å².